The first-order chi connectivity index (χ1) is 6.97. The van der Waals surface area contributed by atoms with Crippen LogP contribution in [0.25, 0.3) is 0 Å². The summed E-state index contributed by atoms with van der Waals surface area (Å²) in [7, 11) is -0.876. The fraction of sp³-hybridized carbons (Fsp3) is 0.900. The van der Waals surface area contributed by atoms with E-state index in [4.69, 9.17) is 5.73 Å². The van der Waals surface area contributed by atoms with E-state index in [1.54, 1.807) is 6.26 Å². The fourth-order valence-corrected chi connectivity index (χ4v) is 1.28. The normalized spacial score (nSPS) is 16.8. The Kier molecular flexibility index (Phi) is 7.60. The Labute approximate surface area is 94.4 Å². The minimum absolute atomic E-state index is 0.0147. The van der Waals surface area contributed by atoms with Crippen LogP contribution in [0.15, 0.2) is 0 Å². The van der Waals surface area contributed by atoms with Crippen molar-refractivity contribution in [2.45, 2.75) is 31.9 Å². The molecule has 15 heavy (non-hydrogen) atoms. The van der Waals surface area contributed by atoms with E-state index in [0.717, 1.165) is 6.42 Å². The van der Waals surface area contributed by atoms with E-state index in [0.29, 0.717) is 25.4 Å². The van der Waals surface area contributed by atoms with Gasteiger partial charge < -0.3 is 11.1 Å². The van der Waals surface area contributed by atoms with Gasteiger partial charge in [-0.3, -0.25) is 9.00 Å². The lowest BCUT2D eigenvalue weighted by molar-refractivity contribution is -0.121. The molecule has 0 saturated carbocycles. The van der Waals surface area contributed by atoms with E-state index in [1.807, 2.05) is 13.8 Å². The average molecular weight is 234 g/mol. The summed E-state index contributed by atoms with van der Waals surface area (Å²) in [6.45, 7) is 4.98. The molecule has 3 unspecified atom stereocenters. The number of nitrogens with one attached hydrogen (secondary N) is 1. The van der Waals surface area contributed by atoms with Gasteiger partial charge in [-0.1, -0.05) is 6.92 Å². The lowest BCUT2D eigenvalue weighted by atomic mass is 10.1. The Balaban J connectivity index is 3.62. The van der Waals surface area contributed by atoms with Gasteiger partial charge >= 0.3 is 0 Å². The zero-order chi connectivity index (χ0) is 11.8. The number of hydrogen-bond acceptors (Lipinski definition) is 3. The van der Waals surface area contributed by atoms with Crippen molar-refractivity contribution in [2.24, 2.45) is 11.7 Å². The van der Waals surface area contributed by atoms with Crippen LogP contribution in [0.1, 0.15) is 26.7 Å². The number of amides is 1. The van der Waals surface area contributed by atoms with Crippen LogP contribution >= 0.6 is 0 Å². The molecule has 0 aromatic heterocycles. The van der Waals surface area contributed by atoms with Crippen molar-refractivity contribution < 1.29 is 9.00 Å². The summed E-state index contributed by atoms with van der Waals surface area (Å²) in [6, 6.07) is 0. The molecule has 0 aromatic carbocycles. The number of nitrogens with two attached hydrogens (primary N) is 1. The van der Waals surface area contributed by atoms with Gasteiger partial charge in [0.15, 0.2) is 0 Å². The number of carbonyl (C=O) groups is 1. The number of rotatable bonds is 7. The highest BCUT2D eigenvalue weighted by Crippen LogP contribution is 2.02. The van der Waals surface area contributed by atoms with Crippen LogP contribution in [0.3, 0.4) is 0 Å². The molecule has 0 heterocycles. The lowest BCUT2D eigenvalue weighted by Crippen LogP contribution is -2.32. The van der Waals surface area contributed by atoms with Crippen molar-refractivity contribution in [3.63, 3.8) is 0 Å². The van der Waals surface area contributed by atoms with E-state index >= 15 is 0 Å². The van der Waals surface area contributed by atoms with Gasteiger partial charge in [-0.2, -0.15) is 0 Å². The van der Waals surface area contributed by atoms with E-state index < -0.39 is 10.8 Å². The monoisotopic (exact) mass is 234 g/mol. The van der Waals surface area contributed by atoms with Gasteiger partial charge in [0, 0.05) is 35.3 Å². The highest BCUT2D eigenvalue weighted by Gasteiger charge is 2.09. The summed E-state index contributed by atoms with van der Waals surface area (Å²) in [5.41, 5.74) is 5.45. The molecular formula is C10H22N2O2S. The third-order valence-corrected chi connectivity index (χ3v) is 3.72. The molecule has 5 heteroatoms. The summed E-state index contributed by atoms with van der Waals surface area (Å²) < 4.78 is 11.0. The predicted molar refractivity (Wildman–Crippen MR) is 64.0 cm³/mol. The number of carbonyl (C=O) groups excluding carboxylic acids is 1. The molecule has 0 aliphatic rings. The third-order valence-electron chi connectivity index (χ3n) is 2.42. The van der Waals surface area contributed by atoms with Gasteiger partial charge in [0.2, 0.25) is 5.91 Å². The molecule has 3 atom stereocenters. The van der Waals surface area contributed by atoms with Crippen LogP contribution in [0.4, 0.5) is 0 Å². The molecule has 0 aliphatic carbocycles. The summed E-state index contributed by atoms with van der Waals surface area (Å²) in [4.78, 5) is 11.3. The van der Waals surface area contributed by atoms with Gasteiger partial charge in [0.25, 0.3) is 0 Å². The first-order valence-corrected chi connectivity index (χ1v) is 6.88. The zero-order valence-electron chi connectivity index (χ0n) is 9.79. The molecule has 1 amide bonds. The maximum Gasteiger partial charge on any atom is 0.220 e. The smallest absolute Gasteiger partial charge is 0.220 e. The van der Waals surface area contributed by atoms with Gasteiger partial charge in [-0.05, 0) is 25.8 Å². The largest absolute Gasteiger partial charge is 0.355 e. The van der Waals surface area contributed by atoms with Crippen LogP contribution in [-0.4, -0.2) is 34.7 Å². The van der Waals surface area contributed by atoms with Gasteiger partial charge in [0.1, 0.15) is 0 Å². The molecule has 3 N–H and O–H groups in total. The molecule has 0 rings (SSSR count). The summed E-state index contributed by atoms with van der Waals surface area (Å²) in [6.07, 6.45) is 2.96. The highest BCUT2D eigenvalue weighted by atomic mass is 32.2. The topological polar surface area (TPSA) is 72.2 Å². The predicted octanol–water partition coefficient (Wildman–Crippen LogP) is 0.245. The van der Waals surface area contributed by atoms with Gasteiger partial charge in [-0.25, -0.2) is 0 Å². The third kappa shape index (κ3) is 7.50. The van der Waals surface area contributed by atoms with Crippen molar-refractivity contribution in [2.75, 3.05) is 19.3 Å². The fourth-order valence-electron chi connectivity index (χ4n) is 0.959. The summed E-state index contributed by atoms with van der Waals surface area (Å²) in [5, 5.41) is 2.79. The van der Waals surface area contributed by atoms with Gasteiger partial charge in [0.05, 0.1) is 0 Å². The molecule has 0 aromatic rings. The summed E-state index contributed by atoms with van der Waals surface area (Å²) in [5.74, 6) is 0.404. The van der Waals surface area contributed by atoms with E-state index in [9.17, 15) is 9.00 Å². The average Bonchev–Trinajstić information content (AvgIpc) is 2.21. The molecule has 0 aliphatic heterocycles. The van der Waals surface area contributed by atoms with E-state index in [-0.39, 0.29) is 11.2 Å². The lowest BCUT2D eigenvalue weighted by Gasteiger charge is -2.11. The summed E-state index contributed by atoms with van der Waals surface area (Å²) >= 11 is 0. The zero-order valence-corrected chi connectivity index (χ0v) is 10.6. The second-order valence-electron chi connectivity index (χ2n) is 3.99. The maximum absolute atomic E-state index is 11.3. The quantitative estimate of drug-likeness (QED) is 0.663. The van der Waals surface area contributed by atoms with Crippen molar-refractivity contribution in [1.29, 1.82) is 0 Å². The van der Waals surface area contributed by atoms with Crippen molar-refractivity contribution in [1.82, 2.24) is 5.32 Å². The Hall–Kier alpha value is -0.420. The molecule has 4 nitrogen and oxygen atoms in total. The molecule has 0 bridgehead atoms. The maximum atomic E-state index is 11.3. The standard InChI is InChI=1S/C10H22N2O2S/c1-8(6-11)4-5-10(13)12-7-9(2)15(3)14/h8-9H,4-7,11H2,1-3H3,(H,12,13). The molecule has 90 valence electrons. The Morgan fingerprint density at radius 2 is 2.07 bits per heavy atom. The Morgan fingerprint density at radius 3 is 2.53 bits per heavy atom. The van der Waals surface area contributed by atoms with Crippen LogP contribution < -0.4 is 11.1 Å². The van der Waals surface area contributed by atoms with Crippen LogP contribution in [0, 0.1) is 5.92 Å². The van der Waals surface area contributed by atoms with Gasteiger partial charge in [-0.15, -0.1) is 0 Å². The Bertz CT molecular complexity index is 221. The first-order valence-electron chi connectivity index (χ1n) is 5.26. The SMILES string of the molecule is CC(CN)CCC(=O)NCC(C)S(C)=O. The second kappa shape index (κ2) is 7.82. The minimum atomic E-state index is -0.876. The van der Waals surface area contributed by atoms with Crippen molar-refractivity contribution >= 4 is 16.7 Å². The highest BCUT2D eigenvalue weighted by molar-refractivity contribution is 7.84. The van der Waals surface area contributed by atoms with Crippen molar-refractivity contribution in [3.05, 3.63) is 0 Å². The molecule has 0 saturated heterocycles. The molecule has 0 fully saturated rings. The van der Waals surface area contributed by atoms with E-state index in [2.05, 4.69) is 5.32 Å². The minimum Gasteiger partial charge on any atom is -0.355 e. The Morgan fingerprint density at radius 1 is 1.47 bits per heavy atom. The number of hydrogen-bond donors (Lipinski definition) is 2. The second-order valence-corrected chi connectivity index (χ2v) is 5.79. The van der Waals surface area contributed by atoms with Crippen LogP contribution in [-0.2, 0) is 15.6 Å². The van der Waals surface area contributed by atoms with Crippen molar-refractivity contribution in [3.8, 4) is 0 Å². The van der Waals surface area contributed by atoms with Crippen LogP contribution in [0.2, 0.25) is 0 Å². The van der Waals surface area contributed by atoms with E-state index in [1.165, 1.54) is 0 Å². The molecular weight excluding hydrogens is 212 g/mol. The molecule has 0 radical (unpaired) electrons. The first kappa shape index (κ1) is 14.6. The molecule has 0 spiro atoms. The van der Waals surface area contributed by atoms with Crippen LogP contribution in [0.5, 0.6) is 0 Å².